The van der Waals surface area contributed by atoms with E-state index in [0.717, 1.165) is 16.3 Å². The van der Waals surface area contributed by atoms with Crippen molar-refractivity contribution in [3.8, 4) is 0 Å². The van der Waals surface area contributed by atoms with Gasteiger partial charge in [0.05, 0.1) is 5.56 Å². The van der Waals surface area contributed by atoms with Crippen molar-refractivity contribution in [2.75, 3.05) is 0 Å². The molecule has 1 spiro atoms. The third kappa shape index (κ3) is 2.70. The molecule has 1 N–H and O–H groups in total. The summed E-state index contributed by atoms with van der Waals surface area (Å²) in [6.07, 6.45) is 9.19. The number of hydrogen-bond donors (Lipinski definition) is 1. The van der Waals surface area contributed by atoms with Crippen LogP contribution in [0.2, 0.25) is 0 Å². The summed E-state index contributed by atoms with van der Waals surface area (Å²) >= 11 is 1.73. The van der Waals surface area contributed by atoms with E-state index < -0.39 is 5.97 Å². The number of hydrogen-bond acceptors (Lipinski definition) is 3. The zero-order chi connectivity index (χ0) is 15.0. The maximum Gasteiger partial charge on any atom is 0.338 e. The molecule has 1 aromatic rings. The van der Waals surface area contributed by atoms with Crippen molar-refractivity contribution in [3.63, 3.8) is 0 Å². The Morgan fingerprint density at radius 3 is 2.57 bits per heavy atom. The zero-order valence-corrected chi connectivity index (χ0v) is 13.6. The molecule has 4 heteroatoms. The van der Waals surface area contributed by atoms with Gasteiger partial charge in [-0.2, -0.15) is 0 Å². The SMILES string of the molecule is Cc1cc(C)c(C(=O)O)c(SC2CCC23CCCCC3)n1. The molecule has 3 nitrogen and oxygen atoms in total. The molecule has 1 unspecified atom stereocenters. The van der Waals surface area contributed by atoms with Crippen LogP contribution in [-0.2, 0) is 0 Å². The summed E-state index contributed by atoms with van der Waals surface area (Å²) < 4.78 is 0. The third-order valence-corrected chi connectivity index (χ3v) is 6.75. The van der Waals surface area contributed by atoms with Crippen LogP contribution in [0, 0.1) is 19.3 Å². The van der Waals surface area contributed by atoms with E-state index in [1.165, 1.54) is 44.9 Å². The van der Waals surface area contributed by atoms with Crippen LogP contribution in [0.4, 0.5) is 0 Å². The molecule has 0 radical (unpaired) electrons. The number of carbonyl (C=O) groups is 1. The molecule has 3 rings (SSSR count). The molecule has 1 atom stereocenters. The standard InChI is InChI=1S/C17H23NO2S/c1-11-10-12(2)18-15(14(11)16(19)20)21-13-6-9-17(13)7-4-3-5-8-17/h10,13H,3-9H2,1-2H3,(H,19,20). The lowest BCUT2D eigenvalue weighted by molar-refractivity contribution is 0.0690. The first kappa shape index (κ1) is 14.9. The van der Waals surface area contributed by atoms with Crippen molar-refractivity contribution in [2.24, 2.45) is 5.41 Å². The second kappa shape index (κ2) is 5.64. The highest BCUT2D eigenvalue weighted by molar-refractivity contribution is 8.00. The van der Waals surface area contributed by atoms with E-state index in [4.69, 9.17) is 0 Å². The second-order valence-electron chi connectivity index (χ2n) is 6.63. The van der Waals surface area contributed by atoms with Gasteiger partial charge in [-0.3, -0.25) is 0 Å². The molecule has 2 aliphatic carbocycles. The molecule has 0 aliphatic heterocycles. The fraction of sp³-hybridized carbons (Fsp3) is 0.647. The second-order valence-corrected chi connectivity index (χ2v) is 7.83. The van der Waals surface area contributed by atoms with E-state index in [2.05, 4.69) is 4.98 Å². The van der Waals surface area contributed by atoms with Gasteiger partial charge in [0.15, 0.2) is 0 Å². The van der Waals surface area contributed by atoms with Crippen LogP contribution in [0.1, 0.15) is 66.6 Å². The fourth-order valence-corrected chi connectivity index (χ4v) is 5.64. The highest BCUT2D eigenvalue weighted by Gasteiger charge is 2.47. The van der Waals surface area contributed by atoms with Crippen LogP contribution >= 0.6 is 11.8 Å². The van der Waals surface area contributed by atoms with Gasteiger partial charge in [-0.1, -0.05) is 19.3 Å². The quantitative estimate of drug-likeness (QED) is 0.886. The topological polar surface area (TPSA) is 50.2 Å². The van der Waals surface area contributed by atoms with Crippen molar-refractivity contribution in [2.45, 2.75) is 69.1 Å². The van der Waals surface area contributed by atoms with Crippen molar-refractivity contribution in [1.29, 1.82) is 0 Å². The van der Waals surface area contributed by atoms with Crippen molar-refractivity contribution in [3.05, 3.63) is 22.9 Å². The Morgan fingerprint density at radius 2 is 2.00 bits per heavy atom. The molecule has 2 saturated carbocycles. The van der Waals surface area contributed by atoms with Gasteiger partial charge in [-0.15, -0.1) is 11.8 Å². The minimum atomic E-state index is -0.848. The van der Waals surface area contributed by atoms with E-state index in [1.54, 1.807) is 11.8 Å². The first-order valence-corrected chi connectivity index (χ1v) is 8.78. The summed E-state index contributed by atoms with van der Waals surface area (Å²) in [5.41, 5.74) is 2.62. The number of nitrogens with zero attached hydrogens (tertiary/aromatic N) is 1. The molecular formula is C17H23NO2S. The molecule has 21 heavy (non-hydrogen) atoms. The predicted molar refractivity (Wildman–Crippen MR) is 85.1 cm³/mol. The molecule has 0 aromatic carbocycles. The lowest BCUT2D eigenvalue weighted by Crippen LogP contribution is -2.44. The van der Waals surface area contributed by atoms with Gasteiger partial charge in [0, 0.05) is 10.9 Å². The largest absolute Gasteiger partial charge is 0.478 e. The van der Waals surface area contributed by atoms with Crippen LogP contribution < -0.4 is 0 Å². The van der Waals surface area contributed by atoms with Crippen molar-refractivity contribution in [1.82, 2.24) is 4.98 Å². The van der Waals surface area contributed by atoms with Gasteiger partial charge in [0.2, 0.25) is 0 Å². The fourth-order valence-electron chi connectivity index (χ4n) is 3.96. The molecule has 1 aromatic heterocycles. The lowest BCUT2D eigenvalue weighted by atomic mass is 9.60. The van der Waals surface area contributed by atoms with E-state index in [0.29, 0.717) is 16.2 Å². The number of thioether (sulfide) groups is 1. The first-order valence-electron chi connectivity index (χ1n) is 7.90. The van der Waals surface area contributed by atoms with Gasteiger partial charge in [-0.25, -0.2) is 9.78 Å². The maximum absolute atomic E-state index is 11.6. The monoisotopic (exact) mass is 305 g/mol. The molecule has 0 amide bonds. The Kier molecular flexibility index (Phi) is 4.00. The summed E-state index contributed by atoms with van der Waals surface area (Å²) in [5, 5.41) is 10.8. The molecule has 2 aliphatic rings. The number of aryl methyl sites for hydroxylation is 2. The van der Waals surface area contributed by atoms with Gasteiger partial charge >= 0.3 is 5.97 Å². The molecule has 0 bridgehead atoms. The highest BCUT2D eigenvalue weighted by atomic mass is 32.2. The smallest absolute Gasteiger partial charge is 0.338 e. The summed E-state index contributed by atoms with van der Waals surface area (Å²) in [6, 6.07) is 1.87. The summed E-state index contributed by atoms with van der Waals surface area (Å²) in [7, 11) is 0. The van der Waals surface area contributed by atoms with Crippen LogP contribution in [0.15, 0.2) is 11.1 Å². The lowest BCUT2D eigenvalue weighted by Gasteiger charge is -2.51. The Balaban J connectivity index is 1.86. The van der Waals surface area contributed by atoms with Gasteiger partial charge in [-0.05, 0) is 56.6 Å². The predicted octanol–water partition coefficient (Wildman–Crippen LogP) is 4.60. The molecule has 2 fully saturated rings. The number of aromatic nitrogens is 1. The summed E-state index contributed by atoms with van der Waals surface area (Å²) in [6.45, 7) is 3.82. The Labute approximate surface area is 130 Å². The van der Waals surface area contributed by atoms with E-state index in [1.807, 2.05) is 19.9 Å². The number of rotatable bonds is 3. The van der Waals surface area contributed by atoms with Crippen molar-refractivity contribution < 1.29 is 9.90 Å². The number of carboxylic acids is 1. The number of aromatic carboxylic acids is 1. The maximum atomic E-state index is 11.6. The van der Waals surface area contributed by atoms with E-state index in [9.17, 15) is 9.90 Å². The zero-order valence-electron chi connectivity index (χ0n) is 12.8. The van der Waals surface area contributed by atoms with Gasteiger partial charge < -0.3 is 5.11 Å². The van der Waals surface area contributed by atoms with Crippen molar-refractivity contribution >= 4 is 17.7 Å². The molecular weight excluding hydrogens is 282 g/mol. The minimum Gasteiger partial charge on any atom is -0.478 e. The van der Waals surface area contributed by atoms with Gasteiger partial charge in [0.1, 0.15) is 5.03 Å². The Morgan fingerprint density at radius 1 is 1.29 bits per heavy atom. The van der Waals surface area contributed by atoms with Crippen LogP contribution in [0.3, 0.4) is 0 Å². The average Bonchev–Trinajstić information content (AvgIpc) is 2.43. The Hall–Kier alpha value is -1.03. The molecule has 114 valence electrons. The molecule has 1 heterocycles. The Bertz CT molecular complexity index is 564. The first-order chi connectivity index (χ1) is 10.0. The average molecular weight is 305 g/mol. The summed E-state index contributed by atoms with van der Waals surface area (Å²) in [4.78, 5) is 16.1. The van der Waals surface area contributed by atoms with E-state index >= 15 is 0 Å². The number of carboxylic acid groups (broad SMARTS) is 1. The highest BCUT2D eigenvalue weighted by Crippen LogP contribution is 2.58. The minimum absolute atomic E-state index is 0.406. The van der Waals surface area contributed by atoms with Gasteiger partial charge in [0.25, 0.3) is 0 Å². The number of pyridine rings is 1. The van der Waals surface area contributed by atoms with Crippen LogP contribution in [0.25, 0.3) is 0 Å². The summed E-state index contributed by atoms with van der Waals surface area (Å²) in [5.74, 6) is -0.848. The van der Waals surface area contributed by atoms with Crippen LogP contribution in [-0.4, -0.2) is 21.3 Å². The molecule has 0 saturated heterocycles. The van der Waals surface area contributed by atoms with Crippen LogP contribution in [0.5, 0.6) is 0 Å². The van der Waals surface area contributed by atoms with E-state index in [-0.39, 0.29) is 0 Å². The normalized spacial score (nSPS) is 23.8. The third-order valence-electron chi connectivity index (χ3n) is 5.22.